The molecule has 0 radical (unpaired) electrons. The van der Waals surface area contributed by atoms with Crippen molar-refractivity contribution in [1.82, 2.24) is 9.88 Å². The van der Waals surface area contributed by atoms with Crippen molar-refractivity contribution < 1.29 is 25.8 Å². The molecule has 242 valence electrons. The molecule has 0 saturated carbocycles. The van der Waals surface area contributed by atoms with Crippen LogP contribution in [0.4, 0.5) is 5.69 Å². The molecule has 47 heavy (non-hydrogen) atoms. The van der Waals surface area contributed by atoms with Crippen LogP contribution in [-0.2, 0) is 37.3 Å². The van der Waals surface area contributed by atoms with E-state index in [2.05, 4.69) is 114 Å². The molecular weight excluding hydrogens is 758 g/mol. The normalized spacial score (nSPS) is 14.9. The van der Waals surface area contributed by atoms with E-state index in [1.807, 2.05) is 72.4 Å². The van der Waals surface area contributed by atoms with E-state index >= 15 is 0 Å². The zero-order valence-electron chi connectivity index (χ0n) is 28.0. The standard InChI is InChI=1S/C42H40N3O.Pt/c1-40(2,3)29-17-19-35-36-20-18-30(41(4,5)6)26-38(36)42(37(35)25-29,39-16-8-9-21-43-39)31-12-10-14-33(24-31)46-34-15-11-13-32(27-34)45-23-22-44(7)28-45;/h8-23,25-26,28H,1-7H3;/q-3;. The Morgan fingerprint density at radius 3 is 1.87 bits per heavy atom. The Morgan fingerprint density at radius 2 is 1.32 bits per heavy atom. The van der Waals surface area contributed by atoms with Crippen LogP contribution >= 0.6 is 0 Å². The second-order valence-electron chi connectivity index (χ2n) is 14.4. The molecule has 1 aliphatic heterocycles. The van der Waals surface area contributed by atoms with Gasteiger partial charge in [0.05, 0.1) is 11.1 Å². The fourth-order valence-corrected chi connectivity index (χ4v) is 6.63. The fraction of sp³-hybridized carbons (Fsp3) is 0.238. The maximum absolute atomic E-state index is 6.51. The minimum Gasteiger partial charge on any atom is -0.510 e. The number of hydrogen-bond donors (Lipinski definition) is 0. The van der Waals surface area contributed by atoms with Crippen molar-refractivity contribution in [3.05, 3.63) is 162 Å². The molecule has 0 unspecified atom stereocenters. The quantitative estimate of drug-likeness (QED) is 0.163. The van der Waals surface area contributed by atoms with Crippen molar-refractivity contribution in [1.29, 1.82) is 0 Å². The van der Waals surface area contributed by atoms with E-state index in [1.54, 1.807) is 0 Å². The van der Waals surface area contributed by atoms with Crippen LogP contribution in [0.15, 0.2) is 110 Å². The predicted octanol–water partition coefficient (Wildman–Crippen LogP) is 9.77. The Labute approximate surface area is 294 Å². The van der Waals surface area contributed by atoms with Crippen molar-refractivity contribution >= 4 is 5.69 Å². The van der Waals surface area contributed by atoms with Crippen LogP contribution in [0.2, 0.25) is 0 Å². The van der Waals surface area contributed by atoms with Gasteiger partial charge in [0.2, 0.25) is 0 Å². The number of nitrogens with zero attached hydrogens (tertiary/aromatic N) is 3. The molecular formula is C42H40N3OPt-3. The van der Waals surface area contributed by atoms with Gasteiger partial charge in [-0.15, -0.1) is 41.6 Å². The van der Waals surface area contributed by atoms with E-state index < -0.39 is 5.41 Å². The van der Waals surface area contributed by atoms with Crippen molar-refractivity contribution in [2.24, 2.45) is 0 Å². The molecule has 0 atom stereocenters. The number of hydrogen-bond acceptors (Lipinski definition) is 4. The first kappa shape index (κ1) is 32.8. The van der Waals surface area contributed by atoms with Gasteiger partial charge in [-0.05, 0) is 75.8 Å². The van der Waals surface area contributed by atoms with Crippen LogP contribution in [-0.4, -0.2) is 16.9 Å². The van der Waals surface area contributed by atoms with Gasteiger partial charge in [-0.1, -0.05) is 84.0 Å². The molecule has 0 saturated heterocycles. The summed E-state index contributed by atoms with van der Waals surface area (Å²) in [5.41, 5.74) is 9.60. The molecule has 0 bridgehead atoms. The SMILES string of the molecule is CN1C=CN(c2[c-]c(Oc3[c-]c(C4(c5ccccn5)c5cc(C(C)(C)C)ccc5-c5ccc(C(C)(C)C)cc54)ccc3)ccc2)[CH-]1.[Pt]. The topological polar surface area (TPSA) is 28.6 Å². The second-order valence-corrected chi connectivity index (χ2v) is 14.4. The molecule has 0 amide bonds. The van der Waals surface area contributed by atoms with Crippen molar-refractivity contribution in [3.63, 3.8) is 0 Å². The van der Waals surface area contributed by atoms with E-state index in [4.69, 9.17) is 9.72 Å². The second kappa shape index (κ2) is 12.1. The summed E-state index contributed by atoms with van der Waals surface area (Å²) in [6, 6.07) is 39.5. The average Bonchev–Trinajstić information content (AvgIpc) is 3.60. The van der Waals surface area contributed by atoms with E-state index in [1.165, 1.54) is 33.4 Å². The summed E-state index contributed by atoms with van der Waals surface area (Å²) in [5, 5.41) is 0. The maximum Gasteiger partial charge on any atom is 0.0664 e. The van der Waals surface area contributed by atoms with E-state index in [9.17, 15) is 0 Å². The van der Waals surface area contributed by atoms with Gasteiger partial charge in [0.1, 0.15) is 0 Å². The van der Waals surface area contributed by atoms with Crippen LogP contribution in [0, 0.1) is 18.8 Å². The number of fused-ring (bicyclic) bond motifs is 3. The Morgan fingerprint density at radius 1 is 0.702 bits per heavy atom. The van der Waals surface area contributed by atoms with E-state index in [-0.39, 0.29) is 31.9 Å². The average molecular weight is 798 g/mol. The monoisotopic (exact) mass is 797 g/mol. The smallest absolute Gasteiger partial charge is 0.0664 e. The molecule has 0 fully saturated rings. The number of rotatable bonds is 5. The Balaban J connectivity index is 0.00000386. The van der Waals surface area contributed by atoms with Gasteiger partial charge in [0.15, 0.2) is 0 Å². The zero-order valence-corrected chi connectivity index (χ0v) is 30.3. The third kappa shape index (κ3) is 5.82. The van der Waals surface area contributed by atoms with Gasteiger partial charge in [0.25, 0.3) is 0 Å². The van der Waals surface area contributed by atoms with Gasteiger partial charge in [0, 0.05) is 38.8 Å². The number of aromatic nitrogens is 1. The maximum atomic E-state index is 6.51. The predicted molar refractivity (Wildman–Crippen MR) is 187 cm³/mol. The molecule has 5 heteroatoms. The molecule has 1 aliphatic carbocycles. The van der Waals surface area contributed by atoms with Gasteiger partial charge in [-0.2, -0.15) is 24.9 Å². The number of benzene rings is 4. The molecule has 7 rings (SSSR count). The van der Waals surface area contributed by atoms with Gasteiger partial charge in [-0.3, -0.25) is 4.98 Å². The van der Waals surface area contributed by atoms with E-state index in [0.717, 1.165) is 16.9 Å². The van der Waals surface area contributed by atoms with Crippen LogP contribution < -0.4 is 9.64 Å². The van der Waals surface area contributed by atoms with Crippen molar-refractivity contribution in [3.8, 4) is 22.6 Å². The molecule has 5 aromatic rings. The van der Waals surface area contributed by atoms with Gasteiger partial charge in [-0.25, -0.2) is 0 Å². The van der Waals surface area contributed by atoms with E-state index in [0.29, 0.717) is 11.5 Å². The first-order valence-corrected chi connectivity index (χ1v) is 15.9. The summed E-state index contributed by atoms with van der Waals surface area (Å²) in [6.45, 7) is 15.6. The molecule has 0 spiro atoms. The molecule has 4 nitrogen and oxygen atoms in total. The minimum absolute atomic E-state index is 0. The zero-order chi connectivity index (χ0) is 32.3. The van der Waals surface area contributed by atoms with Gasteiger partial charge < -0.3 is 14.5 Å². The van der Waals surface area contributed by atoms with Crippen LogP contribution in [0.5, 0.6) is 11.5 Å². The molecule has 2 aliphatic rings. The minimum atomic E-state index is -0.695. The molecule has 4 aromatic carbocycles. The number of pyridine rings is 1. The Bertz CT molecular complexity index is 1890. The summed E-state index contributed by atoms with van der Waals surface area (Å²) in [6.07, 6.45) is 5.91. The Hall–Kier alpha value is -4.14. The number of anilines is 1. The first-order chi connectivity index (χ1) is 21.9. The molecule has 2 heterocycles. The third-order valence-electron chi connectivity index (χ3n) is 9.11. The fourth-order valence-electron chi connectivity index (χ4n) is 6.63. The van der Waals surface area contributed by atoms with Crippen LogP contribution in [0.1, 0.15) is 75.1 Å². The molecule has 1 aromatic heterocycles. The van der Waals surface area contributed by atoms with Crippen LogP contribution in [0.3, 0.4) is 0 Å². The summed E-state index contributed by atoms with van der Waals surface area (Å²) in [7, 11) is 2.00. The van der Waals surface area contributed by atoms with Crippen molar-refractivity contribution in [2.75, 3.05) is 11.9 Å². The largest absolute Gasteiger partial charge is 0.510 e. The third-order valence-corrected chi connectivity index (χ3v) is 9.11. The number of ether oxygens (including phenoxy) is 1. The summed E-state index contributed by atoms with van der Waals surface area (Å²) in [5.74, 6) is 1.26. The van der Waals surface area contributed by atoms with Crippen LogP contribution in [0.25, 0.3) is 11.1 Å². The van der Waals surface area contributed by atoms with Gasteiger partial charge >= 0.3 is 0 Å². The summed E-state index contributed by atoms with van der Waals surface area (Å²) < 4.78 is 6.51. The Kier molecular flexibility index (Phi) is 8.47. The summed E-state index contributed by atoms with van der Waals surface area (Å²) >= 11 is 0. The summed E-state index contributed by atoms with van der Waals surface area (Å²) in [4.78, 5) is 9.11. The first-order valence-electron chi connectivity index (χ1n) is 15.9. The van der Waals surface area contributed by atoms with Crippen molar-refractivity contribution in [2.45, 2.75) is 57.8 Å². The molecule has 0 N–H and O–H groups in total.